The fourth-order valence-corrected chi connectivity index (χ4v) is 3.36. The molecule has 1 aliphatic rings. The number of amides is 2. The molecular weight excluding hydrogens is 357 g/mol. The van der Waals surface area contributed by atoms with Gasteiger partial charge >= 0.3 is 11.8 Å². The molecule has 1 heterocycles. The van der Waals surface area contributed by atoms with Crippen LogP contribution in [0.3, 0.4) is 0 Å². The zero-order chi connectivity index (χ0) is 19.8. The van der Waals surface area contributed by atoms with Crippen LogP contribution in [0.2, 0.25) is 0 Å². The first kappa shape index (κ1) is 19.9. The average Bonchev–Trinajstić information content (AvgIpc) is 2.98. The summed E-state index contributed by atoms with van der Waals surface area (Å²) >= 11 is 0. The van der Waals surface area contributed by atoms with Gasteiger partial charge in [0.25, 0.3) is 0 Å². The molecule has 3 rings (SSSR count). The van der Waals surface area contributed by atoms with Gasteiger partial charge in [0.05, 0.1) is 0 Å². The van der Waals surface area contributed by atoms with Crippen LogP contribution in [0, 0.1) is 5.82 Å². The standard InChI is InChI=1S/C22H26FN3O2/c23-18-6-5-7-19(16-18)25-22(28)21(27)24-13-12-17-8-10-20(11-9-17)26-14-3-1-2-4-15-26/h5-11,16H,1-4,12-15H2,(H,24,27)(H,25,28). The highest BCUT2D eigenvalue weighted by Gasteiger charge is 2.13. The van der Waals surface area contributed by atoms with E-state index in [1.807, 2.05) is 0 Å². The van der Waals surface area contributed by atoms with E-state index in [4.69, 9.17) is 0 Å². The third kappa shape index (κ3) is 5.81. The highest BCUT2D eigenvalue weighted by Crippen LogP contribution is 2.20. The van der Waals surface area contributed by atoms with E-state index in [-0.39, 0.29) is 5.69 Å². The maximum absolute atomic E-state index is 13.1. The van der Waals surface area contributed by atoms with Crippen molar-refractivity contribution in [3.05, 3.63) is 59.9 Å². The van der Waals surface area contributed by atoms with Gasteiger partial charge in [-0.3, -0.25) is 9.59 Å². The number of carbonyl (C=O) groups excluding carboxylic acids is 2. The smallest absolute Gasteiger partial charge is 0.313 e. The number of nitrogens with zero attached hydrogens (tertiary/aromatic N) is 1. The van der Waals surface area contributed by atoms with Crippen LogP contribution >= 0.6 is 0 Å². The molecule has 1 fully saturated rings. The van der Waals surface area contributed by atoms with Gasteiger partial charge in [0.15, 0.2) is 0 Å². The lowest BCUT2D eigenvalue weighted by Gasteiger charge is -2.22. The molecule has 1 saturated heterocycles. The van der Waals surface area contributed by atoms with Gasteiger partial charge in [-0.05, 0) is 55.2 Å². The Balaban J connectivity index is 1.43. The van der Waals surface area contributed by atoms with Gasteiger partial charge in [0, 0.05) is 31.0 Å². The average molecular weight is 383 g/mol. The fourth-order valence-electron chi connectivity index (χ4n) is 3.36. The molecule has 148 valence electrons. The molecule has 6 heteroatoms. The molecule has 0 spiro atoms. The largest absolute Gasteiger partial charge is 0.372 e. The lowest BCUT2D eigenvalue weighted by atomic mass is 10.1. The maximum atomic E-state index is 13.1. The molecular formula is C22H26FN3O2. The van der Waals surface area contributed by atoms with E-state index < -0.39 is 17.6 Å². The Morgan fingerprint density at radius 2 is 1.64 bits per heavy atom. The number of carbonyl (C=O) groups is 2. The minimum absolute atomic E-state index is 0.254. The van der Waals surface area contributed by atoms with E-state index in [0.29, 0.717) is 13.0 Å². The molecule has 0 bridgehead atoms. The maximum Gasteiger partial charge on any atom is 0.313 e. The molecule has 5 nitrogen and oxygen atoms in total. The van der Waals surface area contributed by atoms with Crippen molar-refractivity contribution in [3.8, 4) is 0 Å². The lowest BCUT2D eigenvalue weighted by molar-refractivity contribution is -0.136. The zero-order valence-corrected chi connectivity index (χ0v) is 15.9. The van der Waals surface area contributed by atoms with Crippen LogP contribution in [0.5, 0.6) is 0 Å². The molecule has 0 unspecified atom stereocenters. The number of nitrogens with one attached hydrogen (secondary N) is 2. The Bertz CT molecular complexity index is 800. The molecule has 0 aromatic heterocycles. The van der Waals surface area contributed by atoms with Crippen molar-refractivity contribution in [3.63, 3.8) is 0 Å². The van der Waals surface area contributed by atoms with Crippen LogP contribution in [0.15, 0.2) is 48.5 Å². The van der Waals surface area contributed by atoms with E-state index in [2.05, 4.69) is 39.8 Å². The van der Waals surface area contributed by atoms with E-state index in [1.165, 1.54) is 49.6 Å². The topological polar surface area (TPSA) is 61.4 Å². The number of benzene rings is 2. The Labute approximate surface area is 164 Å². The Morgan fingerprint density at radius 1 is 0.929 bits per heavy atom. The summed E-state index contributed by atoms with van der Waals surface area (Å²) in [5.41, 5.74) is 2.60. The van der Waals surface area contributed by atoms with Crippen LogP contribution in [0.1, 0.15) is 31.2 Å². The summed E-state index contributed by atoms with van der Waals surface area (Å²) in [5, 5.41) is 4.98. The Hall–Kier alpha value is -2.89. The summed E-state index contributed by atoms with van der Waals surface area (Å²) in [6.45, 7) is 2.57. The van der Waals surface area contributed by atoms with Gasteiger partial charge in [-0.2, -0.15) is 0 Å². The third-order valence-corrected chi connectivity index (χ3v) is 4.90. The zero-order valence-electron chi connectivity index (χ0n) is 15.9. The number of hydrogen-bond donors (Lipinski definition) is 2. The number of rotatable bonds is 5. The molecule has 0 saturated carbocycles. The first-order valence-corrected chi connectivity index (χ1v) is 9.80. The van der Waals surface area contributed by atoms with E-state index >= 15 is 0 Å². The predicted molar refractivity (Wildman–Crippen MR) is 109 cm³/mol. The number of halogens is 1. The third-order valence-electron chi connectivity index (χ3n) is 4.90. The van der Waals surface area contributed by atoms with Crippen LogP contribution in [-0.2, 0) is 16.0 Å². The van der Waals surface area contributed by atoms with E-state index in [1.54, 1.807) is 0 Å². The summed E-state index contributed by atoms with van der Waals surface area (Å²) in [7, 11) is 0. The van der Waals surface area contributed by atoms with Crippen molar-refractivity contribution in [1.82, 2.24) is 5.32 Å². The van der Waals surface area contributed by atoms with Crippen molar-refractivity contribution in [2.75, 3.05) is 29.9 Å². The number of anilines is 2. The van der Waals surface area contributed by atoms with Crippen molar-refractivity contribution in [2.24, 2.45) is 0 Å². The Kier molecular flexibility index (Phi) is 7.00. The molecule has 0 atom stereocenters. The summed E-state index contributed by atoms with van der Waals surface area (Å²) in [5.74, 6) is -2.01. The highest BCUT2D eigenvalue weighted by molar-refractivity contribution is 6.39. The fraction of sp³-hybridized carbons (Fsp3) is 0.364. The van der Waals surface area contributed by atoms with Gasteiger partial charge in [-0.25, -0.2) is 4.39 Å². The van der Waals surface area contributed by atoms with Gasteiger partial charge in [0.2, 0.25) is 0 Å². The summed E-state index contributed by atoms with van der Waals surface area (Å²) in [6.07, 6.45) is 5.73. The van der Waals surface area contributed by atoms with Crippen molar-refractivity contribution in [1.29, 1.82) is 0 Å². The molecule has 2 N–H and O–H groups in total. The quantitative estimate of drug-likeness (QED) is 0.777. The van der Waals surface area contributed by atoms with Crippen molar-refractivity contribution < 1.29 is 14.0 Å². The van der Waals surface area contributed by atoms with E-state index in [9.17, 15) is 14.0 Å². The van der Waals surface area contributed by atoms with Gasteiger partial charge in [0.1, 0.15) is 5.82 Å². The summed E-state index contributed by atoms with van der Waals surface area (Å²) < 4.78 is 13.1. The van der Waals surface area contributed by atoms with Gasteiger partial charge < -0.3 is 15.5 Å². The molecule has 28 heavy (non-hydrogen) atoms. The van der Waals surface area contributed by atoms with Crippen LogP contribution in [0.25, 0.3) is 0 Å². The minimum atomic E-state index is -0.804. The van der Waals surface area contributed by atoms with Gasteiger partial charge in [-0.15, -0.1) is 0 Å². The second-order valence-corrected chi connectivity index (χ2v) is 7.04. The molecule has 2 amide bonds. The monoisotopic (exact) mass is 383 g/mol. The van der Waals surface area contributed by atoms with Crippen LogP contribution < -0.4 is 15.5 Å². The summed E-state index contributed by atoms with van der Waals surface area (Å²) in [4.78, 5) is 26.2. The first-order chi connectivity index (χ1) is 13.6. The lowest BCUT2D eigenvalue weighted by Crippen LogP contribution is -2.36. The van der Waals surface area contributed by atoms with Crippen molar-refractivity contribution in [2.45, 2.75) is 32.1 Å². The summed E-state index contributed by atoms with van der Waals surface area (Å²) in [6, 6.07) is 13.8. The Morgan fingerprint density at radius 3 is 2.32 bits per heavy atom. The second kappa shape index (κ2) is 9.88. The minimum Gasteiger partial charge on any atom is -0.372 e. The first-order valence-electron chi connectivity index (χ1n) is 9.80. The molecule has 1 aliphatic heterocycles. The molecule has 2 aromatic rings. The van der Waals surface area contributed by atoms with Gasteiger partial charge in [-0.1, -0.05) is 31.0 Å². The molecule has 0 aliphatic carbocycles. The van der Waals surface area contributed by atoms with E-state index in [0.717, 1.165) is 24.7 Å². The SMILES string of the molecule is O=C(NCCc1ccc(N2CCCCCC2)cc1)C(=O)Nc1cccc(F)c1. The van der Waals surface area contributed by atoms with Crippen molar-refractivity contribution >= 4 is 23.2 Å². The highest BCUT2D eigenvalue weighted by atomic mass is 19.1. The van der Waals surface area contributed by atoms with Crippen LogP contribution in [0.4, 0.5) is 15.8 Å². The molecule has 0 radical (unpaired) electrons. The second-order valence-electron chi connectivity index (χ2n) is 7.04. The number of hydrogen-bond acceptors (Lipinski definition) is 3. The normalized spacial score (nSPS) is 14.2. The molecule has 2 aromatic carbocycles. The van der Waals surface area contributed by atoms with Crippen LogP contribution in [-0.4, -0.2) is 31.4 Å². The predicted octanol–water partition coefficient (Wildman–Crippen LogP) is 3.50.